The van der Waals surface area contributed by atoms with Gasteiger partial charge in [0.05, 0.1) is 9.72 Å². The monoisotopic (exact) mass is 385 g/mol. The molecule has 0 aliphatic carbocycles. The highest BCUT2D eigenvalue weighted by molar-refractivity contribution is 7.26. The molecule has 0 amide bonds. The van der Waals surface area contributed by atoms with E-state index in [1.807, 2.05) is 48.5 Å². The first-order valence-corrected chi connectivity index (χ1v) is 9.87. The van der Waals surface area contributed by atoms with Crippen molar-refractivity contribution >= 4 is 65.0 Å². The molecular weight excluding hydrogens is 374 g/mol. The first-order chi connectivity index (χ1) is 13.3. The molecule has 6 aromatic rings. The van der Waals surface area contributed by atoms with E-state index >= 15 is 0 Å². The number of rotatable bonds is 1. The molecule has 0 bridgehead atoms. The molecule has 128 valence electrons. The summed E-state index contributed by atoms with van der Waals surface area (Å²) in [7, 11) is 0. The standard InChI is InChI=1S/C23H12ClNOS/c24-16-8-4-7-15-20-18(27-22(15)16)12-10-13-9-11-17-21(19(13)20)26-23(25-17)14-5-2-1-3-6-14/h1-12H. The molecule has 2 heterocycles. The SMILES string of the molecule is Clc1cccc2c1sc1ccc3ccc4nc(-c5ccccc5)oc4c3c12. The molecule has 0 saturated heterocycles. The highest BCUT2D eigenvalue weighted by Crippen LogP contribution is 2.43. The van der Waals surface area contributed by atoms with Gasteiger partial charge in [-0.1, -0.05) is 54.1 Å². The maximum Gasteiger partial charge on any atom is 0.227 e. The molecule has 0 aliphatic rings. The minimum Gasteiger partial charge on any atom is -0.435 e. The van der Waals surface area contributed by atoms with Gasteiger partial charge in [-0.15, -0.1) is 11.3 Å². The lowest BCUT2D eigenvalue weighted by Crippen LogP contribution is -1.77. The maximum atomic E-state index is 6.46. The van der Waals surface area contributed by atoms with Crippen molar-refractivity contribution < 1.29 is 4.42 Å². The summed E-state index contributed by atoms with van der Waals surface area (Å²) < 4.78 is 8.60. The summed E-state index contributed by atoms with van der Waals surface area (Å²) in [5.41, 5.74) is 2.68. The van der Waals surface area contributed by atoms with E-state index in [0.717, 1.165) is 37.2 Å². The molecule has 0 aliphatic heterocycles. The third-order valence-electron chi connectivity index (χ3n) is 4.97. The van der Waals surface area contributed by atoms with Gasteiger partial charge in [0.25, 0.3) is 0 Å². The third kappa shape index (κ3) is 2.16. The number of halogens is 1. The topological polar surface area (TPSA) is 26.0 Å². The van der Waals surface area contributed by atoms with Crippen LogP contribution in [0.3, 0.4) is 0 Å². The molecule has 4 heteroatoms. The first-order valence-electron chi connectivity index (χ1n) is 8.68. The van der Waals surface area contributed by atoms with Crippen LogP contribution in [0.4, 0.5) is 0 Å². The van der Waals surface area contributed by atoms with E-state index in [2.05, 4.69) is 24.3 Å². The molecule has 0 spiro atoms. The average molecular weight is 386 g/mol. The van der Waals surface area contributed by atoms with E-state index < -0.39 is 0 Å². The fourth-order valence-corrected chi connectivity index (χ4v) is 5.16. The van der Waals surface area contributed by atoms with Gasteiger partial charge >= 0.3 is 0 Å². The fraction of sp³-hybridized carbons (Fsp3) is 0. The number of aromatic nitrogens is 1. The summed E-state index contributed by atoms with van der Waals surface area (Å²) in [6, 6.07) is 24.5. The van der Waals surface area contributed by atoms with Crippen molar-refractivity contribution in [1.82, 2.24) is 4.98 Å². The molecule has 0 unspecified atom stereocenters. The van der Waals surface area contributed by atoms with E-state index in [9.17, 15) is 0 Å². The van der Waals surface area contributed by atoms with Crippen LogP contribution in [0.1, 0.15) is 0 Å². The minimum atomic E-state index is 0.646. The Labute approximate surface area is 163 Å². The summed E-state index contributed by atoms with van der Waals surface area (Å²) in [5.74, 6) is 0.646. The zero-order valence-electron chi connectivity index (χ0n) is 14.1. The van der Waals surface area contributed by atoms with Gasteiger partial charge in [0.2, 0.25) is 5.89 Å². The van der Waals surface area contributed by atoms with E-state index in [-0.39, 0.29) is 0 Å². The minimum absolute atomic E-state index is 0.646. The number of benzene rings is 4. The van der Waals surface area contributed by atoms with Crippen LogP contribution in [0.5, 0.6) is 0 Å². The van der Waals surface area contributed by atoms with Crippen molar-refractivity contribution in [2.45, 2.75) is 0 Å². The number of hydrogen-bond acceptors (Lipinski definition) is 3. The van der Waals surface area contributed by atoms with Gasteiger partial charge in [-0.2, -0.15) is 0 Å². The molecular formula is C23H12ClNOS. The summed E-state index contributed by atoms with van der Waals surface area (Å²) in [5, 5.41) is 5.39. The van der Waals surface area contributed by atoms with Crippen molar-refractivity contribution in [2.75, 3.05) is 0 Å². The van der Waals surface area contributed by atoms with Gasteiger partial charge < -0.3 is 4.42 Å². The molecule has 4 aromatic carbocycles. The van der Waals surface area contributed by atoms with Gasteiger partial charge in [0.1, 0.15) is 5.52 Å². The van der Waals surface area contributed by atoms with Crippen molar-refractivity contribution in [3.63, 3.8) is 0 Å². The predicted octanol–water partition coefficient (Wildman–Crippen LogP) is 7.67. The van der Waals surface area contributed by atoms with Crippen LogP contribution in [0.25, 0.3) is 53.5 Å². The Balaban J connectivity index is 1.80. The fourth-order valence-electron chi connectivity index (χ4n) is 3.75. The molecule has 27 heavy (non-hydrogen) atoms. The predicted molar refractivity (Wildman–Crippen MR) is 115 cm³/mol. The lowest BCUT2D eigenvalue weighted by Gasteiger charge is -2.01. The molecule has 0 fully saturated rings. The Morgan fingerprint density at radius 2 is 1.67 bits per heavy atom. The first kappa shape index (κ1) is 15.2. The number of oxazole rings is 1. The van der Waals surface area contributed by atoms with E-state index in [0.29, 0.717) is 5.89 Å². The molecule has 0 N–H and O–H groups in total. The molecule has 6 rings (SSSR count). The summed E-state index contributed by atoms with van der Waals surface area (Å²) in [6.07, 6.45) is 0. The molecule has 2 aromatic heterocycles. The van der Waals surface area contributed by atoms with Crippen LogP contribution in [-0.4, -0.2) is 4.98 Å². The Bertz CT molecular complexity index is 1480. The van der Waals surface area contributed by atoms with Crippen LogP contribution in [0, 0.1) is 0 Å². The van der Waals surface area contributed by atoms with Crippen molar-refractivity contribution in [3.05, 3.63) is 77.8 Å². The summed E-state index contributed by atoms with van der Waals surface area (Å²) in [6.45, 7) is 0. The molecule has 0 atom stereocenters. The van der Waals surface area contributed by atoms with E-state index in [1.165, 1.54) is 15.5 Å². The zero-order chi connectivity index (χ0) is 18.0. The number of hydrogen-bond donors (Lipinski definition) is 0. The summed E-state index contributed by atoms with van der Waals surface area (Å²) >= 11 is 8.18. The lowest BCUT2D eigenvalue weighted by atomic mass is 10.0. The van der Waals surface area contributed by atoms with Crippen LogP contribution < -0.4 is 0 Å². The van der Waals surface area contributed by atoms with Crippen LogP contribution in [0.15, 0.2) is 77.2 Å². The van der Waals surface area contributed by atoms with Gasteiger partial charge in [0.15, 0.2) is 5.58 Å². The van der Waals surface area contributed by atoms with Gasteiger partial charge in [-0.3, -0.25) is 0 Å². The van der Waals surface area contributed by atoms with Crippen LogP contribution in [0.2, 0.25) is 5.02 Å². The van der Waals surface area contributed by atoms with E-state index in [1.54, 1.807) is 11.3 Å². The molecule has 2 nitrogen and oxygen atoms in total. The number of thiophene rings is 1. The second kappa shape index (κ2) is 5.56. The van der Waals surface area contributed by atoms with Gasteiger partial charge in [0, 0.05) is 26.4 Å². The van der Waals surface area contributed by atoms with Gasteiger partial charge in [-0.05, 0) is 35.7 Å². The second-order valence-corrected chi connectivity index (χ2v) is 8.01. The lowest BCUT2D eigenvalue weighted by molar-refractivity contribution is 0.623. The quantitative estimate of drug-likeness (QED) is 0.290. The number of fused-ring (bicyclic) bond motifs is 7. The number of nitrogens with zero attached hydrogens (tertiary/aromatic N) is 1. The van der Waals surface area contributed by atoms with Crippen LogP contribution >= 0.6 is 22.9 Å². The third-order valence-corrected chi connectivity index (χ3v) is 6.60. The Morgan fingerprint density at radius 3 is 2.56 bits per heavy atom. The Morgan fingerprint density at radius 1 is 0.815 bits per heavy atom. The normalized spacial score (nSPS) is 11.9. The Kier molecular flexibility index (Phi) is 3.13. The summed E-state index contributed by atoms with van der Waals surface area (Å²) in [4.78, 5) is 4.73. The van der Waals surface area contributed by atoms with Crippen LogP contribution in [-0.2, 0) is 0 Å². The maximum absolute atomic E-state index is 6.46. The zero-order valence-corrected chi connectivity index (χ0v) is 15.6. The molecule has 0 radical (unpaired) electrons. The van der Waals surface area contributed by atoms with Crippen molar-refractivity contribution in [2.24, 2.45) is 0 Å². The van der Waals surface area contributed by atoms with Crippen molar-refractivity contribution in [1.29, 1.82) is 0 Å². The molecule has 0 saturated carbocycles. The van der Waals surface area contributed by atoms with Crippen molar-refractivity contribution in [3.8, 4) is 11.5 Å². The highest BCUT2D eigenvalue weighted by Gasteiger charge is 2.16. The highest BCUT2D eigenvalue weighted by atomic mass is 35.5. The van der Waals surface area contributed by atoms with E-state index in [4.69, 9.17) is 21.0 Å². The average Bonchev–Trinajstić information content (AvgIpc) is 3.31. The largest absolute Gasteiger partial charge is 0.435 e. The smallest absolute Gasteiger partial charge is 0.227 e. The van der Waals surface area contributed by atoms with Gasteiger partial charge in [-0.25, -0.2) is 4.98 Å². The second-order valence-electron chi connectivity index (χ2n) is 6.55. The Hall–Kier alpha value is -2.88.